The van der Waals surface area contributed by atoms with Crippen LogP contribution >= 0.6 is 0 Å². The number of hydrogen-bond donors (Lipinski definition) is 1. The van der Waals surface area contributed by atoms with Crippen molar-refractivity contribution in [2.45, 2.75) is 27.7 Å². The second-order valence-electron chi connectivity index (χ2n) is 4.59. The number of carbonyl (C=O) groups excluding carboxylic acids is 1. The molecular weight excluding hydrogens is 192 g/mol. The highest BCUT2D eigenvalue weighted by molar-refractivity contribution is 5.78. The molecule has 0 fully saturated rings. The molecule has 0 atom stereocenters. The molecule has 0 aliphatic rings. The Morgan fingerprint density at radius 2 is 1.93 bits per heavy atom. The van der Waals surface area contributed by atoms with Gasteiger partial charge in [0, 0.05) is 6.07 Å². The van der Waals surface area contributed by atoms with E-state index in [-0.39, 0.29) is 11.7 Å². The first-order valence-corrected chi connectivity index (χ1v) is 4.82. The molecule has 0 radical (unpaired) electrons. The van der Waals surface area contributed by atoms with Crippen LogP contribution in [-0.4, -0.2) is 11.1 Å². The van der Waals surface area contributed by atoms with Crippen molar-refractivity contribution >= 4 is 5.97 Å². The van der Waals surface area contributed by atoms with Gasteiger partial charge in [-0.2, -0.15) is 0 Å². The molecule has 1 N–H and O–H groups in total. The SMILES string of the molecule is Cc1ccc(O)cc1OC(=O)C(C)(C)C. The van der Waals surface area contributed by atoms with E-state index in [1.54, 1.807) is 32.9 Å². The molecule has 0 heterocycles. The predicted molar refractivity (Wildman–Crippen MR) is 57.9 cm³/mol. The average Bonchev–Trinajstić information content (AvgIpc) is 2.09. The van der Waals surface area contributed by atoms with Crippen molar-refractivity contribution < 1.29 is 14.6 Å². The number of esters is 1. The minimum atomic E-state index is -0.544. The molecule has 1 aromatic rings. The fourth-order valence-electron chi connectivity index (χ4n) is 0.952. The van der Waals surface area contributed by atoms with Gasteiger partial charge in [0.05, 0.1) is 5.41 Å². The van der Waals surface area contributed by atoms with E-state index >= 15 is 0 Å². The van der Waals surface area contributed by atoms with Gasteiger partial charge in [-0.05, 0) is 39.3 Å². The lowest BCUT2D eigenvalue weighted by Gasteiger charge is -2.17. The molecule has 3 nitrogen and oxygen atoms in total. The number of ether oxygens (including phenoxy) is 1. The molecule has 1 rings (SSSR count). The van der Waals surface area contributed by atoms with Gasteiger partial charge >= 0.3 is 5.97 Å². The minimum absolute atomic E-state index is 0.0947. The highest BCUT2D eigenvalue weighted by Gasteiger charge is 2.24. The van der Waals surface area contributed by atoms with Crippen LogP contribution in [0.3, 0.4) is 0 Å². The molecule has 0 spiro atoms. The molecule has 0 aliphatic carbocycles. The van der Waals surface area contributed by atoms with E-state index < -0.39 is 5.41 Å². The highest BCUT2D eigenvalue weighted by atomic mass is 16.5. The van der Waals surface area contributed by atoms with Gasteiger partial charge in [-0.15, -0.1) is 0 Å². The predicted octanol–water partition coefficient (Wildman–Crippen LogP) is 2.65. The van der Waals surface area contributed by atoms with Gasteiger partial charge in [-0.25, -0.2) is 0 Å². The third-order valence-electron chi connectivity index (χ3n) is 1.99. The maximum atomic E-state index is 11.6. The number of phenolic OH excluding ortho intramolecular Hbond substituents is 1. The van der Waals surface area contributed by atoms with Crippen molar-refractivity contribution in [2.24, 2.45) is 5.41 Å². The van der Waals surface area contributed by atoms with E-state index in [9.17, 15) is 9.90 Å². The molecular formula is C12H16O3. The molecule has 0 saturated carbocycles. The maximum Gasteiger partial charge on any atom is 0.316 e. The maximum absolute atomic E-state index is 11.6. The van der Waals surface area contributed by atoms with Crippen molar-refractivity contribution in [3.8, 4) is 11.5 Å². The van der Waals surface area contributed by atoms with E-state index in [2.05, 4.69) is 0 Å². The van der Waals surface area contributed by atoms with Crippen LogP contribution in [0, 0.1) is 12.3 Å². The smallest absolute Gasteiger partial charge is 0.316 e. The lowest BCUT2D eigenvalue weighted by Crippen LogP contribution is -2.25. The van der Waals surface area contributed by atoms with Crippen LogP contribution < -0.4 is 4.74 Å². The molecule has 82 valence electrons. The van der Waals surface area contributed by atoms with Gasteiger partial charge < -0.3 is 9.84 Å². The molecule has 0 aromatic heterocycles. The summed E-state index contributed by atoms with van der Waals surface area (Å²) in [6.07, 6.45) is 0. The van der Waals surface area contributed by atoms with E-state index in [0.717, 1.165) is 5.56 Å². The summed E-state index contributed by atoms with van der Waals surface area (Å²) in [5.41, 5.74) is 0.281. The average molecular weight is 208 g/mol. The van der Waals surface area contributed by atoms with Gasteiger partial charge in [-0.1, -0.05) is 6.07 Å². The third kappa shape index (κ3) is 2.98. The van der Waals surface area contributed by atoms with Crippen LogP contribution in [0.5, 0.6) is 11.5 Å². The zero-order chi connectivity index (χ0) is 11.6. The van der Waals surface area contributed by atoms with Crippen molar-refractivity contribution in [1.29, 1.82) is 0 Å². The molecule has 1 aromatic carbocycles. The Balaban J connectivity index is 2.90. The lowest BCUT2D eigenvalue weighted by molar-refractivity contribution is -0.143. The quantitative estimate of drug-likeness (QED) is 0.570. The zero-order valence-corrected chi connectivity index (χ0v) is 9.50. The van der Waals surface area contributed by atoms with Gasteiger partial charge in [-0.3, -0.25) is 4.79 Å². The normalized spacial score (nSPS) is 11.2. The summed E-state index contributed by atoms with van der Waals surface area (Å²) >= 11 is 0. The van der Waals surface area contributed by atoms with Crippen LogP contribution in [0.2, 0.25) is 0 Å². The van der Waals surface area contributed by atoms with Gasteiger partial charge in [0.1, 0.15) is 11.5 Å². The van der Waals surface area contributed by atoms with Crippen LogP contribution in [0.15, 0.2) is 18.2 Å². The minimum Gasteiger partial charge on any atom is -0.508 e. The Labute approximate surface area is 89.7 Å². The molecule has 0 unspecified atom stereocenters. The Morgan fingerprint density at radius 1 is 1.33 bits per heavy atom. The number of hydrogen-bond acceptors (Lipinski definition) is 3. The second kappa shape index (κ2) is 3.93. The van der Waals surface area contributed by atoms with Crippen LogP contribution in [0.4, 0.5) is 0 Å². The fraction of sp³-hybridized carbons (Fsp3) is 0.417. The molecule has 0 bridgehead atoms. The number of aryl methyl sites for hydroxylation is 1. The van der Waals surface area contributed by atoms with Gasteiger partial charge in [0.15, 0.2) is 0 Å². The first kappa shape index (κ1) is 11.6. The summed E-state index contributed by atoms with van der Waals surface area (Å²) in [7, 11) is 0. The summed E-state index contributed by atoms with van der Waals surface area (Å²) in [5.74, 6) is 0.198. The summed E-state index contributed by atoms with van der Waals surface area (Å²) < 4.78 is 5.19. The second-order valence-corrected chi connectivity index (χ2v) is 4.59. The van der Waals surface area contributed by atoms with Crippen LogP contribution in [0.25, 0.3) is 0 Å². The van der Waals surface area contributed by atoms with E-state index in [0.29, 0.717) is 5.75 Å². The van der Waals surface area contributed by atoms with Crippen molar-refractivity contribution in [3.05, 3.63) is 23.8 Å². The first-order valence-electron chi connectivity index (χ1n) is 4.82. The lowest BCUT2D eigenvalue weighted by atomic mass is 9.97. The number of phenols is 1. The number of rotatable bonds is 1. The highest BCUT2D eigenvalue weighted by Crippen LogP contribution is 2.26. The van der Waals surface area contributed by atoms with Crippen molar-refractivity contribution in [1.82, 2.24) is 0 Å². The first-order chi connectivity index (χ1) is 6.80. The Bertz CT molecular complexity index is 375. The summed E-state index contributed by atoms with van der Waals surface area (Å²) in [4.78, 5) is 11.6. The van der Waals surface area contributed by atoms with Crippen LogP contribution in [0.1, 0.15) is 26.3 Å². The summed E-state index contributed by atoms with van der Waals surface area (Å²) in [6.45, 7) is 7.18. The fourth-order valence-corrected chi connectivity index (χ4v) is 0.952. The van der Waals surface area contributed by atoms with E-state index in [4.69, 9.17) is 4.74 Å². The largest absolute Gasteiger partial charge is 0.508 e. The molecule has 3 heteroatoms. The van der Waals surface area contributed by atoms with Crippen molar-refractivity contribution in [2.75, 3.05) is 0 Å². The summed E-state index contributed by atoms with van der Waals surface area (Å²) in [5, 5.41) is 9.26. The topological polar surface area (TPSA) is 46.5 Å². The Morgan fingerprint density at radius 3 is 2.47 bits per heavy atom. The van der Waals surface area contributed by atoms with Gasteiger partial charge in [0.25, 0.3) is 0 Å². The van der Waals surface area contributed by atoms with E-state index in [1.807, 2.05) is 6.92 Å². The third-order valence-corrected chi connectivity index (χ3v) is 1.99. The Hall–Kier alpha value is -1.51. The number of carbonyl (C=O) groups is 1. The summed E-state index contributed by atoms with van der Waals surface area (Å²) in [6, 6.07) is 4.71. The Kier molecular flexibility index (Phi) is 3.03. The monoisotopic (exact) mass is 208 g/mol. The van der Waals surface area contributed by atoms with Gasteiger partial charge in [0.2, 0.25) is 0 Å². The molecule has 0 amide bonds. The van der Waals surface area contributed by atoms with Crippen LogP contribution in [-0.2, 0) is 4.79 Å². The number of aromatic hydroxyl groups is 1. The molecule has 0 saturated heterocycles. The molecule has 0 aliphatic heterocycles. The number of benzene rings is 1. The standard InChI is InChI=1S/C12H16O3/c1-8-5-6-9(13)7-10(8)15-11(14)12(2,3)4/h5-7,13H,1-4H3. The molecule has 15 heavy (non-hydrogen) atoms. The van der Waals surface area contributed by atoms with Crippen molar-refractivity contribution in [3.63, 3.8) is 0 Å². The van der Waals surface area contributed by atoms with E-state index in [1.165, 1.54) is 6.07 Å². The zero-order valence-electron chi connectivity index (χ0n) is 9.50.